The van der Waals surface area contributed by atoms with E-state index in [0.29, 0.717) is 22.8 Å². The Hall–Kier alpha value is -1.06. The van der Waals surface area contributed by atoms with Crippen LogP contribution in [-0.4, -0.2) is 18.4 Å². The minimum absolute atomic E-state index is 0.0886. The van der Waals surface area contributed by atoms with Gasteiger partial charge in [0.25, 0.3) is 0 Å². The molecule has 0 aromatic heterocycles. The van der Waals surface area contributed by atoms with Gasteiger partial charge in [-0.05, 0) is 31.5 Å². The maximum absolute atomic E-state index is 12.2. The monoisotopic (exact) mass is 255 g/mol. The maximum atomic E-state index is 12.2. The van der Waals surface area contributed by atoms with Gasteiger partial charge in [-0.1, -0.05) is 24.9 Å². The minimum Gasteiger partial charge on any atom is -0.495 e. The lowest BCUT2D eigenvalue weighted by molar-refractivity contribution is 0.0892. The molecule has 3 nitrogen and oxygen atoms in total. The molecule has 0 amide bonds. The van der Waals surface area contributed by atoms with Crippen molar-refractivity contribution in [3.8, 4) is 5.75 Å². The van der Waals surface area contributed by atoms with Gasteiger partial charge in [-0.15, -0.1) is 0 Å². The van der Waals surface area contributed by atoms with Gasteiger partial charge < -0.3 is 10.5 Å². The van der Waals surface area contributed by atoms with Gasteiger partial charge in [-0.25, -0.2) is 0 Å². The van der Waals surface area contributed by atoms with Crippen LogP contribution in [-0.2, 0) is 0 Å². The van der Waals surface area contributed by atoms with E-state index in [2.05, 4.69) is 0 Å². The fraction of sp³-hybridized carbons (Fsp3) is 0.462. The highest BCUT2D eigenvalue weighted by molar-refractivity contribution is 6.32. The molecule has 1 atom stereocenters. The number of Topliss-reactive ketones (excluding diaryl/α,β-unsaturated/α-hetero) is 1. The third-order valence-electron chi connectivity index (χ3n) is 2.70. The zero-order valence-electron chi connectivity index (χ0n) is 10.4. The zero-order valence-corrected chi connectivity index (χ0v) is 11.2. The number of methoxy groups -OCH3 is 1. The number of halogens is 1. The number of carbonyl (C=O) groups is 1. The molecule has 4 heteroatoms. The molecule has 0 saturated carbocycles. The summed E-state index contributed by atoms with van der Waals surface area (Å²) in [5.41, 5.74) is 5.70. The highest BCUT2D eigenvalue weighted by Crippen LogP contribution is 2.27. The largest absolute Gasteiger partial charge is 0.495 e. The topological polar surface area (TPSA) is 52.3 Å². The lowest BCUT2D eigenvalue weighted by atomic mass is 9.88. The molecule has 0 saturated heterocycles. The quantitative estimate of drug-likeness (QED) is 0.823. The Morgan fingerprint density at radius 2 is 2.18 bits per heavy atom. The number of ketones is 1. The van der Waals surface area contributed by atoms with E-state index in [1.807, 2.05) is 6.92 Å². The van der Waals surface area contributed by atoms with Gasteiger partial charge >= 0.3 is 0 Å². The molecule has 1 rings (SSSR count). The van der Waals surface area contributed by atoms with Crippen LogP contribution in [0.4, 0.5) is 0 Å². The van der Waals surface area contributed by atoms with Crippen LogP contribution in [0.25, 0.3) is 0 Å². The summed E-state index contributed by atoms with van der Waals surface area (Å²) in [6.07, 6.45) is 1.51. The van der Waals surface area contributed by atoms with E-state index in [4.69, 9.17) is 22.1 Å². The van der Waals surface area contributed by atoms with Crippen molar-refractivity contribution < 1.29 is 9.53 Å². The fourth-order valence-electron chi connectivity index (χ4n) is 1.76. The number of nitrogens with two attached hydrogens (primary N) is 1. The summed E-state index contributed by atoms with van der Waals surface area (Å²) in [6.45, 7) is 3.75. The standard InChI is InChI=1S/C13H18ClNO2/c1-4-7-13(2,15)12(16)9-5-6-10(14)11(8-9)17-3/h5-6,8H,4,7,15H2,1-3H3. The molecule has 1 aromatic rings. The van der Waals surface area contributed by atoms with Crippen LogP contribution in [0.15, 0.2) is 18.2 Å². The van der Waals surface area contributed by atoms with E-state index >= 15 is 0 Å². The molecule has 0 bridgehead atoms. The lowest BCUT2D eigenvalue weighted by Crippen LogP contribution is -2.44. The lowest BCUT2D eigenvalue weighted by Gasteiger charge is -2.22. The van der Waals surface area contributed by atoms with Crippen LogP contribution in [0.1, 0.15) is 37.0 Å². The fourth-order valence-corrected chi connectivity index (χ4v) is 1.96. The van der Waals surface area contributed by atoms with Crippen LogP contribution in [0.5, 0.6) is 5.75 Å². The van der Waals surface area contributed by atoms with Gasteiger partial charge in [0.1, 0.15) is 5.75 Å². The second-order valence-corrected chi connectivity index (χ2v) is 4.75. The molecule has 0 heterocycles. The summed E-state index contributed by atoms with van der Waals surface area (Å²) in [4.78, 5) is 12.2. The average molecular weight is 256 g/mol. The number of ether oxygens (including phenoxy) is 1. The maximum Gasteiger partial charge on any atom is 0.182 e. The van der Waals surface area contributed by atoms with E-state index in [9.17, 15) is 4.79 Å². The molecular weight excluding hydrogens is 238 g/mol. The van der Waals surface area contributed by atoms with E-state index in [-0.39, 0.29) is 5.78 Å². The van der Waals surface area contributed by atoms with E-state index in [1.54, 1.807) is 25.1 Å². The minimum atomic E-state index is -0.840. The van der Waals surface area contributed by atoms with Crippen LogP contribution >= 0.6 is 11.6 Å². The third kappa shape index (κ3) is 3.20. The van der Waals surface area contributed by atoms with Crippen molar-refractivity contribution in [2.75, 3.05) is 7.11 Å². The van der Waals surface area contributed by atoms with E-state index in [0.717, 1.165) is 6.42 Å². The summed E-state index contributed by atoms with van der Waals surface area (Å²) < 4.78 is 5.08. The van der Waals surface area contributed by atoms with Crippen molar-refractivity contribution in [1.29, 1.82) is 0 Å². The van der Waals surface area contributed by atoms with Gasteiger partial charge in [0.05, 0.1) is 17.7 Å². The summed E-state index contributed by atoms with van der Waals surface area (Å²) in [5, 5.41) is 0.485. The van der Waals surface area contributed by atoms with Gasteiger partial charge in [-0.3, -0.25) is 4.79 Å². The Bertz CT molecular complexity index is 416. The molecule has 0 aliphatic carbocycles. The first-order valence-electron chi connectivity index (χ1n) is 5.59. The van der Waals surface area contributed by atoms with Gasteiger partial charge in [0.15, 0.2) is 5.78 Å². The number of hydrogen-bond acceptors (Lipinski definition) is 3. The van der Waals surface area contributed by atoms with Crippen molar-refractivity contribution in [2.45, 2.75) is 32.2 Å². The molecule has 0 aliphatic heterocycles. The van der Waals surface area contributed by atoms with E-state index in [1.165, 1.54) is 7.11 Å². The zero-order chi connectivity index (χ0) is 13.1. The van der Waals surface area contributed by atoms with Gasteiger partial charge in [0.2, 0.25) is 0 Å². The van der Waals surface area contributed by atoms with Crippen LogP contribution in [0, 0.1) is 0 Å². The molecule has 17 heavy (non-hydrogen) atoms. The van der Waals surface area contributed by atoms with Gasteiger partial charge in [-0.2, -0.15) is 0 Å². The van der Waals surface area contributed by atoms with Crippen LogP contribution in [0.3, 0.4) is 0 Å². The molecule has 0 spiro atoms. The molecule has 1 aromatic carbocycles. The summed E-state index contributed by atoms with van der Waals surface area (Å²) in [6, 6.07) is 4.95. The molecule has 0 fully saturated rings. The van der Waals surface area contributed by atoms with Crippen molar-refractivity contribution >= 4 is 17.4 Å². The molecule has 2 N–H and O–H groups in total. The van der Waals surface area contributed by atoms with Crippen molar-refractivity contribution in [1.82, 2.24) is 0 Å². The third-order valence-corrected chi connectivity index (χ3v) is 3.01. The normalized spacial score (nSPS) is 14.2. The smallest absolute Gasteiger partial charge is 0.182 e. The molecule has 0 aliphatic rings. The predicted molar refractivity (Wildman–Crippen MR) is 69.8 cm³/mol. The Kier molecular flexibility index (Phi) is 4.54. The Morgan fingerprint density at radius 1 is 1.53 bits per heavy atom. The SMILES string of the molecule is CCCC(C)(N)C(=O)c1ccc(Cl)c(OC)c1. The summed E-state index contributed by atoms with van der Waals surface area (Å²) in [5.74, 6) is 0.402. The van der Waals surface area contributed by atoms with E-state index < -0.39 is 5.54 Å². The van der Waals surface area contributed by atoms with Crippen LogP contribution in [0.2, 0.25) is 5.02 Å². The first-order chi connectivity index (χ1) is 7.92. The molecule has 1 unspecified atom stereocenters. The Balaban J connectivity index is 3.04. The highest BCUT2D eigenvalue weighted by Gasteiger charge is 2.28. The van der Waals surface area contributed by atoms with Crippen molar-refractivity contribution in [3.63, 3.8) is 0 Å². The number of hydrogen-bond donors (Lipinski definition) is 1. The first-order valence-corrected chi connectivity index (χ1v) is 5.97. The van der Waals surface area contributed by atoms with Crippen molar-refractivity contribution in [2.24, 2.45) is 5.73 Å². The summed E-state index contributed by atoms with van der Waals surface area (Å²) in [7, 11) is 1.52. The average Bonchev–Trinajstić information content (AvgIpc) is 2.28. The first kappa shape index (κ1) is 14.0. The van der Waals surface area contributed by atoms with Gasteiger partial charge in [0, 0.05) is 5.56 Å². The molecule has 0 radical (unpaired) electrons. The number of carbonyl (C=O) groups excluding carboxylic acids is 1. The predicted octanol–water partition coefficient (Wildman–Crippen LogP) is 3.05. The Morgan fingerprint density at radius 3 is 2.71 bits per heavy atom. The summed E-state index contributed by atoms with van der Waals surface area (Å²) >= 11 is 5.91. The highest BCUT2D eigenvalue weighted by atomic mass is 35.5. The second-order valence-electron chi connectivity index (χ2n) is 4.35. The number of benzene rings is 1. The van der Waals surface area contributed by atoms with Crippen molar-refractivity contribution in [3.05, 3.63) is 28.8 Å². The number of rotatable bonds is 5. The molecular formula is C13H18ClNO2. The molecule has 94 valence electrons. The van der Waals surface area contributed by atoms with Crippen LogP contribution < -0.4 is 10.5 Å². The Labute approximate surface area is 107 Å². The second kappa shape index (κ2) is 5.52.